The van der Waals surface area contributed by atoms with Gasteiger partial charge in [0.15, 0.2) is 5.69 Å². The zero-order chi connectivity index (χ0) is 25.8. The smallest absolute Gasteiger partial charge is 0.276 e. The van der Waals surface area contributed by atoms with E-state index in [2.05, 4.69) is 51.4 Å². The monoisotopic (exact) mass is 565 g/mol. The van der Waals surface area contributed by atoms with Crippen LogP contribution in [0.25, 0.3) is 11.0 Å². The fourth-order valence-electron chi connectivity index (χ4n) is 4.34. The topological polar surface area (TPSA) is 128 Å². The number of aromatic amines is 2. The van der Waals surface area contributed by atoms with Gasteiger partial charge in [0.1, 0.15) is 11.4 Å². The first-order valence-corrected chi connectivity index (χ1v) is 13.0. The minimum absolute atomic E-state index is 0.0161. The Hall–Kier alpha value is -3.70. The Morgan fingerprint density at radius 1 is 1.11 bits per heavy atom. The molecule has 0 saturated carbocycles. The van der Waals surface area contributed by atoms with Gasteiger partial charge in [-0.15, -0.1) is 0 Å². The third-order valence-corrected chi connectivity index (χ3v) is 6.79. The van der Waals surface area contributed by atoms with E-state index in [1.165, 1.54) is 32.3 Å². The van der Waals surface area contributed by atoms with Crippen LogP contribution in [0, 0.1) is 6.92 Å². The maximum atomic E-state index is 12.9. The summed E-state index contributed by atoms with van der Waals surface area (Å²) in [5.74, 6) is -0.0319. The summed E-state index contributed by atoms with van der Waals surface area (Å²) in [6.07, 6.45) is 4.86. The number of aromatic nitrogens is 4. The molecule has 2 aromatic carbocycles. The number of imidazole rings is 2. The highest BCUT2D eigenvalue weighted by molar-refractivity contribution is 9.10. The highest BCUT2D eigenvalue weighted by atomic mass is 79.9. The van der Waals surface area contributed by atoms with E-state index in [9.17, 15) is 9.59 Å². The molecular formula is C26H28BrN7O3. The number of amides is 2. The molecule has 11 heteroatoms. The number of hydrogen-bond acceptors (Lipinski definition) is 6. The lowest BCUT2D eigenvalue weighted by Crippen LogP contribution is -2.21. The van der Waals surface area contributed by atoms with E-state index in [1.54, 1.807) is 6.07 Å². The lowest BCUT2D eigenvalue weighted by molar-refractivity contribution is 0.0985. The number of aryl methyl sites for hydroxylation is 1. The molecule has 5 rings (SSSR count). The molecule has 0 atom stereocenters. The van der Waals surface area contributed by atoms with Gasteiger partial charge in [0.2, 0.25) is 5.95 Å². The van der Waals surface area contributed by atoms with Crippen LogP contribution in [-0.2, 0) is 0 Å². The number of H-pyrrole nitrogens is 2. The van der Waals surface area contributed by atoms with Gasteiger partial charge < -0.3 is 24.9 Å². The van der Waals surface area contributed by atoms with Crippen LogP contribution in [-0.4, -0.2) is 62.9 Å². The molecule has 10 nitrogen and oxygen atoms in total. The number of benzene rings is 2. The minimum atomic E-state index is -0.536. The lowest BCUT2D eigenvalue weighted by Gasteiger charge is -2.14. The highest BCUT2D eigenvalue weighted by Gasteiger charge is 2.22. The normalized spacial score (nSPS) is 13.7. The molecule has 0 spiro atoms. The molecule has 2 aromatic heterocycles. The van der Waals surface area contributed by atoms with Gasteiger partial charge >= 0.3 is 0 Å². The molecule has 0 aliphatic carbocycles. The second-order valence-corrected chi connectivity index (χ2v) is 9.92. The standard InChI is InChI=1S/C26H28BrN7O3/c1-16-5-6-17(27)13-20(16)30-24(35)22-23(29-15-28-22)25(36)33-26-31-19-8-7-18(14-21(19)32-26)37-12-4-11-34-9-2-3-10-34/h5-8,13-15H,2-4,9-12H2,1H3,(H,28,29)(H,30,35)(H2,31,32,33,36). The molecular weight excluding hydrogens is 538 g/mol. The Morgan fingerprint density at radius 2 is 1.95 bits per heavy atom. The Labute approximate surface area is 222 Å². The summed E-state index contributed by atoms with van der Waals surface area (Å²) in [7, 11) is 0. The predicted octanol–water partition coefficient (Wildman–Crippen LogP) is 4.73. The quantitative estimate of drug-likeness (QED) is 0.217. The van der Waals surface area contributed by atoms with Crippen molar-refractivity contribution < 1.29 is 14.3 Å². The van der Waals surface area contributed by atoms with Crippen molar-refractivity contribution in [1.82, 2.24) is 24.8 Å². The zero-order valence-corrected chi connectivity index (χ0v) is 22.0. The van der Waals surface area contributed by atoms with Crippen LogP contribution in [0.3, 0.4) is 0 Å². The number of halogens is 1. The summed E-state index contributed by atoms with van der Waals surface area (Å²) in [5.41, 5.74) is 2.95. The van der Waals surface area contributed by atoms with Crippen molar-refractivity contribution >= 4 is 50.4 Å². The van der Waals surface area contributed by atoms with Crippen LogP contribution in [0.15, 0.2) is 47.2 Å². The van der Waals surface area contributed by atoms with Gasteiger partial charge in [-0.1, -0.05) is 22.0 Å². The van der Waals surface area contributed by atoms with Crippen LogP contribution in [0.4, 0.5) is 11.6 Å². The number of ether oxygens (including phenoxy) is 1. The first-order chi connectivity index (χ1) is 18.0. The van der Waals surface area contributed by atoms with Crippen LogP contribution in [0.5, 0.6) is 5.75 Å². The van der Waals surface area contributed by atoms with Gasteiger partial charge in [-0.05, 0) is 69.1 Å². The number of likely N-dealkylation sites (tertiary alicyclic amines) is 1. The molecule has 0 bridgehead atoms. The molecule has 4 aromatic rings. The van der Waals surface area contributed by atoms with Crippen LogP contribution >= 0.6 is 15.9 Å². The van der Waals surface area contributed by atoms with Crippen molar-refractivity contribution in [3.63, 3.8) is 0 Å². The number of carbonyl (C=O) groups is 2. The molecule has 3 heterocycles. The Kier molecular flexibility index (Phi) is 7.52. The maximum Gasteiger partial charge on any atom is 0.276 e. The Bertz CT molecular complexity index is 1420. The fourth-order valence-corrected chi connectivity index (χ4v) is 4.70. The van der Waals surface area contributed by atoms with E-state index in [1.807, 2.05) is 37.3 Å². The number of anilines is 2. The average molecular weight is 566 g/mol. The van der Waals surface area contributed by atoms with Gasteiger partial charge in [0.05, 0.1) is 24.0 Å². The van der Waals surface area contributed by atoms with Crippen molar-refractivity contribution in [2.45, 2.75) is 26.2 Å². The molecule has 2 amide bonds. The number of nitrogens with one attached hydrogen (secondary N) is 4. The van der Waals surface area contributed by atoms with Crippen LogP contribution in [0.1, 0.15) is 45.8 Å². The molecule has 37 heavy (non-hydrogen) atoms. The summed E-state index contributed by atoms with van der Waals surface area (Å²) in [6, 6.07) is 11.1. The number of nitrogens with zero attached hydrogens (tertiary/aromatic N) is 3. The number of fused-ring (bicyclic) bond motifs is 1. The number of hydrogen-bond donors (Lipinski definition) is 4. The Morgan fingerprint density at radius 3 is 2.78 bits per heavy atom. The minimum Gasteiger partial charge on any atom is -0.493 e. The third-order valence-electron chi connectivity index (χ3n) is 6.30. The number of carbonyl (C=O) groups excluding carboxylic acids is 2. The van der Waals surface area contributed by atoms with Crippen molar-refractivity contribution in [3.8, 4) is 5.75 Å². The highest BCUT2D eigenvalue weighted by Crippen LogP contribution is 2.23. The second kappa shape index (κ2) is 11.1. The van der Waals surface area contributed by atoms with Crippen molar-refractivity contribution in [2.75, 3.05) is 36.9 Å². The molecule has 1 fully saturated rings. The molecule has 1 aliphatic rings. The summed E-state index contributed by atoms with van der Waals surface area (Å²) < 4.78 is 6.74. The SMILES string of the molecule is Cc1ccc(Br)cc1NC(=O)c1nc[nH]c1C(=O)Nc1nc2ccc(OCCCN3CCCC3)cc2[nH]1. The van der Waals surface area contributed by atoms with Gasteiger partial charge in [0, 0.05) is 22.8 Å². The maximum absolute atomic E-state index is 12.9. The summed E-state index contributed by atoms with van der Waals surface area (Å²) in [5, 5.41) is 5.51. The summed E-state index contributed by atoms with van der Waals surface area (Å²) in [4.78, 5) is 42.6. The average Bonchev–Trinajstić information content (AvgIpc) is 3.64. The van der Waals surface area contributed by atoms with Crippen molar-refractivity contribution in [3.05, 3.63) is 64.1 Å². The molecule has 0 unspecified atom stereocenters. The van der Waals surface area contributed by atoms with Crippen LogP contribution in [0.2, 0.25) is 0 Å². The summed E-state index contributed by atoms with van der Waals surface area (Å²) in [6.45, 7) is 5.95. The molecule has 192 valence electrons. The van der Waals surface area contributed by atoms with E-state index in [-0.39, 0.29) is 17.3 Å². The van der Waals surface area contributed by atoms with Gasteiger partial charge in [0.25, 0.3) is 11.8 Å². The molecule has 4 N–H and O–H groups in total. The lowest BCUT2D eigenvalue weighted by atomic mass is 10.2. The van der Waals surface area contributed by atoms with E-state index in [0.29, 0.717) is 17.8 Å². The van der Waals surface area contributed by atoms with Gasteiger partial charge in [-0.2, -0.15) is 0 Å². The van der Waals surface area contributed by atoms with Gasteiger partial charge in [-0.3, -0.25) is 14.9 Å². The van der Waals surface area contributed by atoms with Gasteiger partial charge in [-0.25, -0.2) is 9.97 Å². The first-order valence-electron chi connectivity index (χ1n) is 12.2. The number of rotatable bonds is 9. The van der Waals surface area contributed by atoms with E-state index in [4.69, 9.17) is 4.74 Å². The van der Waals surface area contributed by atoms with Crippen molar-refractivity contribution in [1.29, 1.82) is 0 Å². The zero-order valence-electron chi connectivity index (χ0n) is 20.4. The van der Waals surface area contributed by atoms with E-state index >= 15 is 0 Å². The molecule has 1 aliphatic heterocycles. The first kappa shape index (κ1) is 25.0. The third kappa shape index (κ3) is 6.00. The Balaban J connectivity index is 1.21. The summed E-state index contributed by atoms with van der Waals surface area (Å²) >= 11 is 3.40. The van der Waals surface area contributed by atoms with Crippen LogP contribution < -0.4 is 15.4 Å². The fraction of sp³-hybridized carbons (Fsp3) is 0.308. The van der Waals surface area contributed by atoms with E-state index < -0.39 is 11.8 Å². The molecule has 0 radical (unpaired) electrons. The predicted molar refractivity (Wildman–Crippen MR) is 145 cm³/mol. The second-order valence-electron chi connectivity index (χ2n) is 9.01. The van der Waals surface area contributed by atoms with Crippen molar-refractivity contribution in [2.24, 2.45) is 0 Å². The largest absolute Gasteiger partial charge is 0.493 e. The molecule has 1 saturated heterocycles. The van der Waals surface area contributed by atoms with E-state index in [0.717, 1.165) is 34.3 Å².